The number of carboxylic acid groups (broad SMARTS) is 1. The summed E-state index contributed by atoms with van der Waals surface area (Å²) >= 11 is 6.39. The molecule has 1 aliphatic rings. The molecule has 1 fully saturated rings. The summed E-state index contributed by atoms with van der Waals surface area (Å²) in [5.41, 5.74) is 0. The van der Waals surface area contributed by atoms with Crippen LogP contribution in [-0.4, -0.2) is 24.2 Å². The first-order valence-corrected chi connectivity index (χ1v) is 8.71. The third-order valence-corrected chi connectivity index (χ3v) is 7.34. The van der Waals surface area contributed by atoms with Crippen LogP contribution >= 0.6 is 31.9 Å². The summed E-state index contributed by atoms with van der Waals surface area (Å²) in [7, 11) is -3.93. The maximum atomic E-state index is 12.7. The molecule has 1 N–H and O–H groups in total. The van der Waals surface area contributed by atoms with Gasteiger partial charge in [-0.2, -0.15) is 0 Å². The van der Waals surface area contributed by atoms with E-state index >= 15 is 0 Å². The largest absolute Gasteiger partial charge is 0.480 e. The first-order chi connectivity index (χ1) is 8.70. The number of sulfone groups is 1. The molecule has 1 aromatic carbocycles. The zero-order chi connectivity index (χ0) is 14.4. The van der Waals surface area contributed by atoms with Crippen LogP contribution in [0, 0.1) is 5.92 Å². The minimum atomic E-state index is -3.93. The fraction of sp³-hybridized carbons (Fsp3) is 0.417. The Morgan fingerprint density at radius 3 is 2.42 bits per heavy atom. The van der Waals surface area contributed by atoms with E-state index in [1.165, 1.54) is 6.07 Å². The van der Waals surface area contributed by atoms with E-state index in [1.54, 1.807) is 12.1 Å². The van der Waals surface area contributed by atoms with E-state index in [1.807, 2.05) is 6.92 Å². The molecule has 7 heteroatoms. The molecule has 0 spiro atoms. The number of halogens is 2. The topological polar surface area (TPSA) is 71.4 Å². The van der Waals surface area contributed by atoms with Gasteiger partial charge in [0.15, 0.2) is 14.6 Å². The minimum Gasteiger partial charge on any atom is -0.480 e. The highest BCUT2D eigenvalue weighted by atomic mass is 79.9. The number of hydrogen-bond acceptors (Lipinski definition) is 3. The van der Waals surface area contributed by atoms with Crippen molar-refractivity contribution in [3.8, 4) is 0 Å². The van der Waals surface area contributed by atoms with Gasteiger partial charge in [0.2, 0.25) is 0 Å². The Kier molecular flexibility index (Phi) is 3.83. The van der Waals surface area contributed by atoms with Crippen molar-refractivity contribution in [2.75, 3.05) is 0 Å². The Hall–Kier alpha value is -0.400. The standard InChI is InChI=1S/C12H12Br2O4S/c1-7-5-12(6-7,11(15)16)19(17,18)10-4-8(13)2-3-9(10)14/h2-4,7H,5-6H2,1H3,(H,15,16). The Balaban J connectivity index is 2.59. The van der Waals surface area contributed by atoms with Crippen molar-refractivity contribution in [3.63, 3.8) is 0 Å². The molecule has 4 nitrogen and oxygen atoms in total. The minimum absolute atomic E-state index is 0.0242. The zero-order valence-corrected chi connectivity index (χ0v) is 14.0. The molecule has 1 aromatic rings. The molecule has 0 saturated heterocycles. The molecule has 0 unspecified atom stereocenters. The van der Waals surface area contributed by atoms with Crippen LogP contribution in [0.25, 0.3) is 0 Å². The average Bonchev–Trinajstić information content (AvgIpc) is 2.27. The second kappa shape index (κ2) is 4.86. The Morgan fingerprint density at radius 2 is 1.95 bits per heavy atom. The maximum absolute atomic E-state index is 12.7. The van der Waals surface area contributed by atoms with Gasteiger partial charge >= 0.3 is 5.97 Å². The smallest absolute Gasteiger partial charge is 0.325 e. The average molecular weight is 412 g/mol. The van der Waals surface area contributed by atoms with E-state index < -0.39 is 20.6 Å². The summed E-state index contributed by atoms with van der Waals surface area (Å²) in [4.78, 5) is 11.5. The molecule has 0 bridgehead atoms. The van der Waals surface area contributed by atoms with Crippen molar-refractivity contribution in [2.45, 2.75) is 29.4 Å². The number of hydrogen-bond donors (Lipinski definition) is 1. The van der Waals surface area contributed by atoms with Gasteiger partial charge in [0.05, 0.1) is 4.90 Å². The van der Waals surface area contributed by atoms with E-state index in [4.69, 9.17) is 0 Å². The van der Waals surface area contributed by atoms with Gasteiger partial charge in [0.1, 0.15) is 0 Å². The van der Waals surface area contributed by atoms with E-state index in [9.17, 15) is 18.3 Å². The molecule has 0 heterocycles. The molecule has 19 heavy (non-hydrogen) atoms. The van der Waals surface area contributed by atoms with Gasteiger partial charge in [-0.25, -0.2) is 8.42 Å². The second-order valence-electron chi connectivity index (χ2n) is 4.89. The molecule has 2 rings (SSSR count). The molecule has 0 aromatic heterocycles. The van der Waals surface area contributed by atoms with Crippen LogP contribution in [0.4, 0.5) is 0 Å². The molecule has 1 aliphatic carbocycles. The summed E-state index contributed by atoms with van der Waals surface area (Å²) in [6.45, 7) is 1.85. The van der Waals surface area contributed by atoms with Crippen molar-refractivity contribution in [1.82, 2.24) is 0 Å². The van der Waals surface area contributed by atoms with Crippen LogP contribution in [-0.2, 0) is 14.6 Å². The molecule has 104 valence electrons. The number of carboxylic acids is 1. The first kappa shape index (κ1) is 15.0. The molecule has 0 atom stereocenters. The number of rotatable bonds is 3. The van der Waals surface area contributed by atoms with E-state index in [0.717, 1.165) is 0 Å². The quantitative estimate of drug-likeness (QED) is 0.828. The SMILES string of the molecule is CC1CC(C(=O)O)(S(=O)(=O)c2cc(Br)ccc2Br)C1. The highest BCUT2D eigenvalue weighted by Crippen LogP contribution is 2.48. The zero-order valence-electron chi connectivity index (χ0n) is 10.1. The summed E-state index contributed by atoms with van der Waals surface area (Å²) in [5.74, 6) is -1.16. The Labute approximate surface area is 128 Å². The van der Waals surface area contributed by atoms with Gasteiger partial charge in [-0.05, 0) is 52.9 Å². The maximum Gasteiger partial charge on any atom is 0.325 e. The number of benzene rings is 1. The van der Waals surface area contributed by atoms with Gasteiger partial charge in [-0.1, -0.05) is 22.9 Å². The van der Waals surface area contributed by atoms with Crippen LogP contribution in [0.3, 0.4) is 0 Å². The summed E-state index contributed by atoms with van der Waals surface area (Å²) < 4.78 is 24.6. The molecular weight excluding hydrogens is 400 g/mol. The lowest BCUT2D eigenvalue weighted by atomic mass is 9.75. The van der Waals surface area contributed by atoms with Gasteiger partial charge in [0.25, 0.3) is 0 Å². The van der Waals surface area contributed by atoms with Crippen molar-refractivity contribution in [2.24, 2.45) is 5.92 Å². The predicted octanol–water partition coefficient (Wildman–Crippen LogP) is 3.24. The molecule has 0 radical (unpaired) electrons. The van der Waals surface area contributed by atoms with Gasteiger partial charge in [-0.3, -0.25) is 4.79 Å². The number of carbonyl (C=O) groups is 1. The van der Waals surface area contributed by atoms with Gasteiger partial charge in [0, 0.05) is 8.95 Å². The third kappa shape index (κ3) is 2.25. The highest BCUT2D eigenvalue weighted by Gasteiger charge is 2.59. The predicted molar refractivity (Wildman–Crippen MR) is 77.8 cm³/mol. The van der Waals surface area contributed by atoms with Crippen molar-refractivity contribution in [3.05, 3.63) is 27.1 Å². The summed E-state index contributed by atoms with van der Waals surface area (Å²) in [5, 5.41) is 9.35. The summed E-state index contributed by atoms with van der Waals surface area (Å²) in [6.07, 6.45) is 0.313. The highest BCUT2D eigenvalue weighted by molar-refractivity contribution is 9.11. The van der Waals surface area contributed by atoms with Crippen molar-refractivity contribution >= 4 is 47.7 Å². The van der Waals surface area contributed by atoms with Crippen LogP contribution in [0.2, 0.25) is 0 Å². The monoisotopic (exact) mass is 410 g/mol. The summed E-state index contributed by atoms with van der Waals surface area (Å²) in [6, 6.07) is 4.72. The lowest BCUT2D eigenvalue weighted by Gasteiger charge is -2.41. The number of aliphatic carboxylic acids is 1. The lowest BCUT2D eigenvalue weighted by molar-refractivity contribution is -0.143. The molecular formula is C12H12Br2O4S. The van der Waals surface area contributed by atoms with Crippen molar-refractivity contribution < 1.29 is 18.3 Å². The van der Waals surface area contributed by atoms with E-state index in [2.05, 4.69) is 31.9 Å². The normalized spacial score (nSPS) is 26.8. The van der Waals surface area contributed by atoms with Crippen molar-refractivity contribution in [1.29, 1.82) is 0 Å². The molecule has 0 aliphatic heterocycles. The van der Waals surface area contributed by atoms with Gasteiger partial charge in [-0.15, -0.1) is 0 Å². The Morgan fingerprint density at radius 1 is 1.37 bits per heavy atom. The lowest BCUT2D eigenvalue weighted by Crippen LogP contribution is -2.55. The fourth-order valence-corrected chi connectivity index (χ4v) is 6.13. The fourth-order valence-electron chi connectivity index (χ4n) is 2.47. The molecule has 0 amide bonds. The van der Waals surface area contributed by atoms with Crippen LogP contribution in [0.15, 0.2) is 32.0 Å². The van der Waals surface area contributed by atoms with Crippen LogP contribution < -0.4 is 0 Å². The first-order valence-electron chi connectivity index (χ1n) is 5.64. The van der Waals surface area contributed by atoms with Crippen LogP contribution in [0.1, 0.15) is 19.8 Å². The second-order valence-corrected chi connectivity index (χ2v) is 8.89. The van der Waals surface area contributed by atoms with Gasteiger partial charge < -0.3 is 5.11 Å². The third-order valence-electron chi connectivity index (χ3n) is 3.44. The molecule has 1 saturated carbocycles. The Bertz CT molecular complexity index is 633. The van der Waals surface area contributed by atoms with E-state index in [0.29, 0.717) is 8.95 Å². The van der Waals surface area contributed by atoms with E-state index in [-0.39, 0.29) is 23.7 Å². The van der Waals surface area contributed by atoms with Crippen LogP contribution in [0.5, 0.6) is 0 Å².